The fraction of sp³-hybridized carbons (Fsp3) is 1.00. The van der Waals surface area contributed by atoms with Crippen LogP contribution in [0.4, 0.5) is 0 Å². The monoisotopic (exact) mass is 178 g/mol. The second-order valence-electron chi connectivity index (χ2n) is 3.09. The van der Waals surface area contributed by atoms with E-state index in [9.17, 15) is 5.11 Å². The fourth-order valence-corrected chi connectivity index (χ4v) is 4.08. The SMILES string of the molecule is CCCC(O)([SiH3])O[SiH](C)C. The van der Waals surface area contributed by atoms with Crippen LogP contribution in [0.15, 0.2) is 0 Å². The molecule has 0 aliphatic heterocycles. The van der Waals surface area contributed by atoms with Crippen LogP contribution in [0.25, 0.3) is 0 Å². The van der Waals surface area contributed by atoms with Crippen LogP contribution < -0.4 is 0 Å². The first-order valence-electron chi connectivity index (χ1n) is 3.88. The molecule has 0 aromatic heterocycles. The molecular weight excluding hydrogens is 160 g/mol. The molecule has 10 heavy (non-hydrogen) atoms. The Morgan fingerprint density at radius 3 is 2.40 bits per heavy atom. The second kappa shape index (κ2) is 4.28. The summed E-state index contributed by atoms with van der Waals surface area (Å²) in [6.07, 6.45) is 1.80. The van der Waals surface area contributed by atoms with E-state index in [-0.39, 0.29) is 0 Å². The zero-order valence-corrected chi connectivity index (χ0v) is 10.5. The van der Waals surface area contributed by atoms with Gasteiger partial charge in [0.15, 0.2) is 9.04 Å². The molecule has 1 atom stereocenters. The number of rotatable bonds is 4. The molecule has 62 valence electrons. The van der Waals surface area contributed by atoms with Gasteiger partial charge in [-0.3, -0.25) is 0 Å². The first kappa shape index (κ1) is 10.4. The van der Waals surface area contributed by atoms with Crippen molar-refractivity contribution in [3.63, 3.8) is 0 Å². The summed E-state index contributed by atoms with van der Waals surface area (Å²) in [4.78, 5) is 0. The lowest BCUT2D eigenvalue weighted by atomic mass is 10.3. The normalized spacial score (nSPS) is 17.7. The summed E-state index contributed by atoms with van der Waals surface area (Å²) in [5, 5.41) is 9.56. The van der Waals surface area contributed by atoms with Gasteiger partial charge in [-0.25, -0.2) is 0 Å². The van der Waals surface area contributed by atoms with E-state index in [4.69, 9.17) is 4.43 Å². The van der Waals surface area contributed by atoms with Crippen molar-refractivity contribution in [3.05, 3.63) is 0 Å². The topological polar surface area (TPSA) is 29.5 Å². The molecular formula is C6H18O2Si2. The van der Waals surface area contributed by atoms with Crippen LogP contribution in [0.1, 0.15) is 19.8 Å². The van der Waals surface area contributed by atoms with Crippen molar-refractivity contribution in [1.82, 2.24) is 0 Å². The van der Waals surface area contributed by atoms with Gasteiger partial charge in [-0.15, -0.1) is 0 Å². The second-order valence-corrected chi connectivity index (χ2v) is 6.99. The predicted octanol–water partition coefficient (Wildman–Crippen LogP) is -0.202. The maximum Gasteiger partial charge on any atom is 0.174 e. The van der Waals surface area contributed by atoms with Gasteiger partial charge in [0.2, 0.25) is 0 Å². The minimum Gasteiger partial charge on any atom is -0.398 e. The lowest BCUT2D eigenvalue weighted by Gasteiger charge is -2.26. The third-order valence-corrected chi connectivity index (χ3v) is 3.39. The Hall–Kier alpha value is 0.354. The summed E-state index contributed by atoms with van der Waals surface area (Å²) < 4.78 is 5.43. The Balaban J connectivity index is 3.63. The molecule has 1 unspecified atom stereocenters. The van der Waals surface area contributed by atoms with Crippen LogP contribution in [-0.2, 0) is 4.43 Å². The Morgan fingerprint density at radius 1 is 1.60 bits per heavy atom. The highest BCUT2D eigenvalue weighted by Crippen LogP contribution is 2.10. The van der Waals surface area contributed by atoms with E-state index in [0.717, 1.165) is 23.1 Å². The molecule has 0 aliphatic rings. The van der Waals surface area contributed by atoms with Crippen LogP contribution in [-0.4, -0.2) is 29.8 Å². The van der Waals surface area contributed by atoms with Crippen molar-refractivity contribution in [2.24, 2.45) is 0 Å². The smallest absolute Gasteiger partial charge is 0.174 e. The highest BCUT2D eigenvalue weighted by atomic mass is 28.3. The van der Waals surface area contributed by atoms with E-state index in [1.54, 1.807) is 0 Å². The molecule has 0 aromatic rings. The van der Waals surface area contributed by atoms with Crippen LogP contribution >= 0.6 is 0 Å². The van der Waals surface area contributed by atoms with Gasteiger partial charge in [0.25, 0.3) is 0 Å². The molecule has 0 saturated heterocycles. The Morgan fingerprint density at radius 2 is 2.10 bits per heavy atom. The van der Waals surface area contributed by atoms with E-state index >= 15 is 0 Å². The van der Waals surface area contributed by atoms with Gasteiger partial charge in [-0.1, -0.05) is 13.3 Å². The lowest BCUT2D eigenvalue weighted by Crippen LogP contribution is -2.36. The van der Waals surface area contributed by atoms with E-state index < -0.39 is 14.5 Å². The van der Waals surface area contributed by atoms with Crippen LogP contribution in [0.2, 0.25) is 13.1 Å². The van der Waals surface area contributed by atoms with Gasteiger partial charge in [0, 0.05) is 0 Å². The van der Waals surface area contributed by atoms with Crippen molar-refractivity contribution in [2.75, 3.05) is 0 Å². The maximum absolute atomic E-state index is 9.56. The third-order valence-electron chi connectivity index (χ3n) is 1.20. The lowest BCUT2D eigenvalue weighted by molar-refractivity contribution is -0.0700. The predicted molar refractivity (Wildman–Crippen MR) is 49.8 cm³/mol. The summed E-state index contributed by atoms with van der Waals surface area (Å²) in [5.41, 5.74) is -0.727. The molecule has 4 heteroatoms. The summed E-state index contributed by atoms with van der Waals surface area (Å²) in [5.74, 6) is 0. The molecule has 0 rings (SSSR count). The van der Waals surface area contributed by atoms with E-state index in [1.807, 2.05) is 0 Å². The highest BCUT2D eigenvalue weighted by molar-refractivity contribution is 6.49. The molecule has 0 spiro atoms. The summed E-state index contributed by atoms with van der Waals surface area (Å²) in [7, 11) is -0.319. The van der Waals surface area contributed by atoms with Gasteiger partial charge in [0.1, 0.15) is 5.41 Å². The third kappa shape index (κ3) is 5.16. The quantitative estimate of drug-likeness (QED) is 0.477. The molecule has 0 saturated carbocycles. The minimum atomic E-state index is -1.04. The van der Waals surface area contributed by atoms with Crippen LogP contribution in [0.3, 0.4) is 0 Å². The van der Waals surface area contributed by atoms with Gasteiger partial charge in [-0.05, 0) is 19.5 Å². The fourth-order valence-electron chi connectivity index (χ4n) is 1.03. The molecule has 0 heterocycles. The Labute approximate surface area is 67.7 Å². The zero-order chi connectivity index (χ0) is 8.20. The molecule has 2 nitrogen and oxygen atoms in total. The van der Waals surface area contributed by atoms with Crippen molar-refractivity contribution in [3.8, 4) is 0 Å². The molecule has 0 aromatic carbocycles. The summed E-state index contributed by atoms with van der Waals surface area (Å²) in [6, 6.07) is 0. The van der Waals surface area contributed by atoms with E-state index in [0.29, 0.717) is 0 Å². The molecule has 0 radical (unpaired) electrons. The number of hydrogen-bond acceptors (Lipinski definition) is 2. The summed E-state index contributed by atoms with van der Waals surface area (Å²) in [6.45, 7) is 6.23. The zero-order valence-electron chi connectivity index (χ0n) is 7.35. The standard InChI is InChI=1S/C6H18O2Si2/c1-4-5-6(7,9)8-10(2)3/h7,10H,4-5H2,1-3,9H3. The molecule has 0 bridgehead atoms. The largest absolute Gasteiger partial charge is 0.398 e. The maximum atomic E-state index is 9.56. The number of aliphatic hydroxyl groups is 1. The van der Waals surface area contributed by atoms with Gasteiger partial charge < -0.3 is 9.53 Å². The molecule has 0 amide bonds. The van der Waals surface area contributed by atoms with Crippen molar-refractivity contribution in [1.29, 1.82) is 0 Å². The molecule has 0 fully saturated rings. The van der Waals surface area contributed by atoms with Crippen LogP contribution in [0, 0.1) is 0 Å². The van der Waals surface area contributed by atoms with E-state index in [1.165, 1.54) is 0 Å². The van der Waals surface area contributed by atoms with Crippen molar-refractivity contribution in [2.45, 2.75) is 38.3 Å². The first-order valence-corrected chi connectivity index (χ1v) is 7.66. The van der Waals surface area contributed by atoms with Crippen LogP contribution in [0.5, 0.6) is 0 Å². The molecule has 0 aliphatic carbocycles. The van der Waals surface area contributed by atoms with E-state index in [2.05, 4.69) is 20.0 Å². The van der Waals surface area contributed by atoms with Gasteiger partial charge >= 0.3 is 0 Å². The average Bonchev–Trinajstić information content (AvgIpc) is 1.59. The first-order chi connectivity index (χ1) is 4.48. The average molecular weight is 178 g/mol. The summed E-state index contributed by atoms with van der Waals surface area (Å²) >= 11 is 0. The van der Waals surface area contributed by atoms with Crippen molar-refractivity contribution >= 4 is 19.3 Å². The highest BCUT2D eigenvalue weighted by Gasteiger charge is 2.19. The Bertz CT molecular complexity index is 93.7. The molecule has 1 N–H and O–H groups in total. The van der Waals surface area contributed by atoms with Crippen molar-refractivity contribution < 1.29 is 9.53 Å². The minimum absolute atomic E-state index is 0.724. The number of hydrogen-bond donors (Lipinski definition) is 1. The Kier molecular flexibility index (Phi) is 4.43. The van der Waals surface area contributed by atoms with Gasteiger partial charge in [-0.2, -0.15) is 0 Å². The van der Waals surface area contributed by atoms with Gasteiger partial charge in [0.05, 0.1) is 10.2 Å².